The molecule has 96 valence electrons. The molecule has 0 bridgehead atoms. The van der Waals surface area contributed by atoms with Crippen LogP contribution >= 0.6 is 0 Å². The van der Waals surface area contributed by atoms with Crippen molar-refractivity contribution in [2.24, 2.45) is 0 Å². The molecular weight excluding hydrogens is 238 g/mol. The summed E-state index contributed by atoms with van der Waals surface area (Å²) in [5, 5.41) is 9.03. The Morgan fingerprint density at radius 2 is 2.00 bits per heavy atom. The summed E-state index contributed by atoms with van der Waals surface area (Å²) in [6, 6.07) is 6.41. The summed E-state index contributed by atoms with van der Waals surface area (Å²) in [5.74, 6) is 0.648. The lowest BCUT2D eigenvalue weighted by Crippen LogP contribution is -2.41. The third-order valence-electron chi connectivity index (χ3n) is 3.92. The lowest BCUT2D eigenvalue weighted by Gasteiger charge is -2.36. The van der Waals surface area contributed by atoms with Crippen LogP contribution in [0.3, 0.4) is 0 Å². The summed E-state index contributed by atoms with van der Waals surface area (Å²) >= 11 is 0. The van der Waals surface area contributed by atoms with Gasteiger partial charge in [-0.15, -0.1) is 10.2 Å². The number of aromatic amines is 1. The number of likely N-dealkylation sites (tertiary alicyclic amines) is 1. The number of H-pyrrole nitrogens is 1. The quantitative estimate of drug-likeness (QED) is 0.757. The molecule has 3 heterocycles. The molecule has 0 aliphatic carbocycles. The minimum Gasteiger partial charge on any atom is -0.361 e. The largest absolute Gasteiger partial charge is 0.361 e. The monoisotopic (exact) mass is 253 g/mol. The van der Waals surface area contributed by atoms with Gasteiger partial charge >= 0.3 is 0 Å². The molecule has 0 spiro atoms. The van der Waals surface area contributed by atoms with E-state index in [9.17, 15) is 0 Å². The van der Waals surface area contributed by atoms with Crippen LogP contribution in [0.1, 0.15) is 11.5 Å². The van der Waals surface area contributed by atoms with E-state index in [0.717, 1.165) is 18.8 Å². The lowest BCUT2D eigenvalue weighted by atomic mass is 9.92. The fraction of sp³-hybridized carbons (Fsp3) is 0.286. The Kier molecular flexibility index (Phi) is 2.22. The fourth-order valence-corrected chi connectivity index (χ4v) is 2.86. The molecule has 1 N–H and O–H groups in total. The van der Waals surface area contributed by atoms with Gasteiger partial charge in [0.1, 0.15) is 12.7 Å². The smallest absolute Gasteiger partial charge is 0.123 e. The van der Waals surface area contributed by atoms with E-state index in [4.69, 9.17) is 0 Å². The molecule has 0 atom stereocenters. The van der Waals surface area contributed by atoms with Gasteiger partial charge < -0.3 is 9.88 Å². The minimum atomic E-state index is 0.648. The van der Waals surface area contributed by atoms with E-state index in [1.807, 2.05) is 4.57 Å². The zero-order valence-electron chi connectivity index (χ0n) is 10.7. The van der Waals surface area contributed by atoms with Gasteiger partial charge in [0.15, 0.2) is 0 Å². The van der Waals surface area contributed by atoms with Crippen molar-refractivity contribution in [1.29, 1.82) is 0 Å². The van der Waals surface area contributed by atoms with Crippen molar-refractivity contribution in [2.75, 3.05) is 20.1 Å². The number of hydrogen-bond acceptors (Lipinski definition) is 3. The molecule has 0 unspecified atom stereocenters. The van der Waals surface area contributed by atoms with Crippen molar-refractivity contribution in [1.82, 2.24) is 24.6 Å². The molecule has 2 aromatic heterocycles. The predicted molar refractivity (Wildman–Crippen MR) is 73.5 cm³/mol. The lowest BCUT2D eigenvalue weighted by molar-refractivity contribution is 0.190. The molecule has 1 fully saturated rings. The highest BCUT2D eigenvalue weighted by atomic mass is 15.2. The molecule has 0 radical (unpaired) electrons. The maximum atomic E-state index is 3.86. The molecule has 0 saturated carbocycles. The number of rotatable bonds is 2. The van der Waals surface area contributed by atoms with Crippen molar-refractivity contribution < 1.29 is 0 Å². The van der Waals surface area contributed by atoms with Gasteiger partial charge in [-0.05, 0) is 30.8 Å². The summed E-state index contributed by atoms with van der Waals surface area (Å²) in [6.07, 6.45) is 5.60. The standard InChI is InChI=1S/C14H15N5/c1-18-6-10(7-18)13-5-15-14-3-2-11(4-12(13)14)19-8-16-17-9-19/h2-5,8-10,15H,6-7H2,1H3. The Hall–Kier alpha value is -2.14. The topological polar surface area (TPSA) is 49.7 Å². The van der Waals surface area contributed by atoms with E-state index < -0.39 is 0 Å². The molecule has 1 saturated heterocycles. The van der Waals surface area contributed by atoms with Crippen molar-refractivity contribution in [3.8, 4) is 5.69 Å². The molecule has 1 aliphatic rings. The number of aromatic nitrogens is 4. The Bertz CT molecular complexity index is 707. The first kappa shape index (κ1) is 10.8. The first-order valence-electron chi connectivity index (χ1n) is 6.46. The number of fused-ring (bicyclic) bond motifs is 1. The van der Waals surface area contributed by atoms with Crippen molar-refractivity contribution in [3.63, 3.8) is 0 Å². The van der Waals surface area contributed by atoms with Crippen LogP contribution in [0.4, 0.5) is 0 Å². The molecular formula is C14H15N5. The van der Waals surface area contributed by atoms with Crippen LogP contribution in [-0.4, -0.2) is 44.8 Å². The Balaban J connectivity index is 1.81. The van der Waals surface area contributed by atoms with Crippen molar-refractivity contribution in [3.05, 3.63) is 42.6 Å². The van der Waals surface area contributed by atoms with Gasteiger partial charge in [0.2, 0.25) is 0 Å². The van der Waals surface area contributed by atoms with Crippen LogP contribution in [-0.2, 0) is 0 Å². The van der Waals surface area contributed by atoms with E-state index in [1.165, 1.54) is 16.5 Å². The number of nitrogens with zero attached hydrogens (tertiary/aromatic N) is 4. The molecule has 19 heavy (non-hydrogen) atoms. The van der Waals surface area contributed by atoms with Crippen LogP contribution in [0.2, 0.25) is 0 Å². The van der Waals surface area contributed by atoms with Crippen molar-refractivity contribution in [2.45, 2.75) is 5.92 Å². The molecule has 0 amide bonds. The molecule has 5 nitrogen and oxygen atoms in total. The average Bonchev–Trinajstić information content (AvgIpc) is 3.04. The highest BCUT2D eigenvalue weighted by molar-refractivity contribution is 5.86. The third kappa shape index (κ3) is 1.66. The van der Waals surface area contributed by atoms with E-state index in [1.54, 1.807) is 12.7 Å². The van der Waals surface area contributed by atoms with Gasteiger partial charge in [0, 0.05) is 41.8 Å². The van der Waals surface area contributed by atoms with Crippen LogP contribution in [0.25, 0.3) is 16.6 Å². The summed E-state index contributed by atoms with van der Waals surface area (Å²) in [5.41, 5.74) is 3.72. The van der Waals surface area contributed by atoms with Crippen LogP contribution in [0.5, 0.6) is 0 Å². The highest BCUT2D eigenvalue weighted by Crippen LogP contribution is 2.32. The maximum absolute atomic E-state index is 3.86. The van der Waals surface area contributed by atoms with E-state index in [0.29, 0.717) is 5.92 Å². The number of benzene rings is 1. The third-order valence-corrected chi connectivity index (χ3v) is 3.92. The van der Waals surface area contributed by atoms with Gasteiger partial charge in [-0.25, -0.2) is 0 Å². The molecule has 1 aromatic carbocycles. The second-order valence-electron chi connectivity index (χ2n) is 5.26. The van der Waals surface area contributed by atoms with E-state index >= 15 is 0 Å². The van der Waals surface area contributed by atoms with Gasteiger partial charge in [-0.3, -0.25) is 4.57 Å². The second kappa shape index (κ2) is 3.93. The fourth-order valence-electron chi connectivity index (χ4n) is 2.86. The van der Waals surface area contributed by atoms with Gasteiger partial charge in [-0.1, -0.05) is 0 Å². The molecule has 5 heteroatoms. The minimum absolute atomic E-state index is 0.648. The van der Waals surface area contributed by atoms with Gasteiger partial charge in [0.05, 0.1) is 0 Å². The normalized spacial score (nSPS) is 16.9. The Labute approximate surface area is 110 Å². The molecule has 1 aliphatic heterocycles. The first-order chi connectivity index (χ1) is 9.31. The average molecular weight is 253 g/mol. The zero-order valence-corrected chi connectivity index (χ0v) is 10.7. The number of nitrogens with one attached hydrogen (secondary N) is 1. The first-order valence-corrected chi connectivity index (χ1v) is 6.46. The van der Waals surface area contributed by atoms with E-state index in [-0.39, 0.29) is 0 Å². The summed E-state index contributed by atoms with van der Waals surface area (Å²) in [6.45, 7) is 2.29. The Morgan fingerprint density at radius 3 is 2.74 bits per heavy atom. The second-order valence-corrected chi connectivity index (χ2v) is 5.26. The Morgan fingerprint density at radius 1 is 1.21 bits per heavy atom. The predicted octanol–water partition coefficient (Wildman–Crippen LogP) is 1.78. The van der Waals surface area contributed by atoms with Gasteiger partial charge in [-0.2, -0.15) is 0 Å². The highest BCUT2D eigenvalue weighted by Gasteiger charge is 2.26. The maximum Gasteiger partial charge on any atom is 0.123 e. The number of likely N-dealkylation sites (N-methyl/N-ethyl adjacent to an activating group) is 1. The van der Waals surface area contributed by atoms with Crippen LogP contribution in [0.15, 0.2) is 37.1 Å². The zero-order chi connectivity index (χ0) is 12.8. The molecule has 4 rings (SSSR count). The van der Waals surface area contributed by atoms with Crippen LogP contribution < -0.4 is 0 Å². The summed E-state index contributed by atoms with van der Waals surface area (Å²) < 4.78 is 1.93. The van der Waals surface area contributed by atoms with Crippen molar-refractivity contribution >= 4 is 10.9 Å². The van der Waals surface area contributed by atoms with E-state index in [2.05, 4.69) is 51.5 Å². The van der Waals surface area contributed by atoms with Gasteiger partial charge in [0.25, 0.3) is 0 Å². The summed E-state index contributed by atoms with van der Waals surface area (Å²) in [4.78, 5) is 5.71. The molecule has 3 aromatic rings. The SMILES string of the molecule is CN1CC(c2c[nH]c3ccc(-n4cnnc4)cc23)C1. The van der Waals surface area contributed by atoms with Crippen LogP contribution in [0, 0.1) is 0 Å². The number of hydrogen-bond donors (Lipinski definition) is 1. The summed E-state index contributed by atoms with van der Waals surface area (Å²) in [7, 11) is 2.16.